The van der Waals surface area contributed by atoms with Gasteiger partial charge < -0.3 is 4.80 Å². The summed E-state index contributed by atoms with van der Waals surface area (Å²) in [7, 11) is -1.95. The van der Waals surface area contributed by atoms with Gasteiger partial charge in [-0.2, -0.15) is 0 Å². The molecular formula is C13H26O2Si. The maximum atomic E-state index is 12.0. The van der Waals surface area contributed by atoms with Crippen LogP contribution in [0.4, 0.5) is 0 Å². The van der Waals surface area contributed by atoms with Crippen molar-refractivity contribution >= 4 is 14.1 Å². The van der Waals surface area contributed by atoms with Crippen LogP contribution in [0.3, 0.4) is 0 Å². The number of hydrogen-bond donors (Lipinski definition) is 1. The van der Waals surface area contributed by atoms with Crippen LogP contribution in [0.15, 0.2) is 0 Å². The van der Waals surface area contributed by atoms with E-state index in [4.69, 9.17) is 0 Å². The summed E-state index contributed by atoms with van der Waals surface area (Å²) in [5.74, 6) is 1.47. The molecule has 1 N–H and O–H groups in total. The Morgan fingerprint density at radius 1 is 1.38 bits per heavy atom. The van der Waals surface area contributed by atoms with Crippen LogP contribution >= 0.6 is 0 Å². The van der Waals surface area contributed by atoms with Gasteiger partial charge in [0.2, 0.25) is 0 Å². The van der Waals surface area contributed by atoms with Crippen LogP contribution in [0.2, 0.25) is 19.1 Å². The topological polar surface area (TPSA) is 37.3 Å². The fraction of sp³-hybridized carbons (Fsp3) is 0.923. The molecule has 1 saturated carbocycles. The van der Waals surface area contributed by atoms with Gasteiger partial charge in [-0.1, -0.05) is 26.7 Å². The van der Waals surface area contributed by atoms with E-state index >= 15 is 0 Å². The highest BCUT2D eigenvalue weighted by Crippen LogP contribution is 2.35. The highest BCUT2D eigenvalue weighted by molar-refractivity contribution is 6.69. The maximum absolute atomic E-state index is 12.0. The van der Waals surface area contributed by atoms with E-state index in [1.807, 2.05) is 26.9 Å². The first-order valence-electron chi connectivity index (χ1n) is 6.55. The maximum Gasteiger partial charge on any atom is 0.182 e. The Bertz CT molecular complexity index is 243. The summed E-state index contributed by atoms with van der Waals surface area (Å²) in [6.45, 7) is 8.00. The van der Waals surface area contributed by atoms with Crippen molar-refractivity contribution in [1.29, 1.82) is 0 Å². The zero-order valence-electron chi connectivity index (χ0n) is 11.1. The third kappa shape index (κ3) is 4.38. The number of hydrogen-bond acceptors (Lipinski definition) is 2. The molecule has 0 saturated heterocycles. The second-order valence-electron chi connectivity index (χ2n) is 6.30. The summed E-state index contributed by atoms with van der Waals surface area (Å²) in [5, 5.41) is 0. The van der Waals surface area contributed by atoms with Crippen LogP contribution in [-0.2, 0) is 4.79 Å². The van der Waals surface area contributed by atoms with Crippen molar-refractivity contribution < 1.29 is 9.59 Å². The summed E-state index contributed by atoms with van der Waals surface area (Å²) in [4.78, 5) is 21.9. The SMILES string of the molecule is CC(C)C(=O)C1CCCC(C[Si](C)(C)O)C1. The van der Waals surface area contributed by atoms with Gasteiger partial charge in [0.05, 0.1) is 0 Å². The van der Waals surface area contributed by atoms with Crippen molar-refractivity contribution in [2.45, 2.75) is 58.7 Å². The molecule has 1 aliphatic carbocycles. The lowest BCUT2D eigenvalue weighted by atomic mass is 9.78. The van der Waals surface area contributed by atoms with E-state index in [1.54, 1.807) is 0 Å². The second-order valence-corrected chi connectivity index (χ2v) is 10.3. The molecule has 2 nitrogen and oxygen atoms in total. The molecule has 0 spiro atoms. The summed E-state index contributed by atoms with van der Waals surface area (Å²) < 4.78 is 0. The quantitative estimate of drug-likeness (QED) is 0.769. The molecule has 2 atom stereocenters. The standard InChI is InChI=1S/C13H26O2Si/c1-10(2)13(14)12-7-5-6-11(8-12)9-16(3,4)15/h10-12,15H,5-9H2,1-4H3. The average molecular weight is 242 g/mol. The molecular weight excluding hydrogens is 216 g/mol. The van der Waals surface area contributed by atoms with Gasteiger partial charge in [-0.05, 0) is 37.9 Å². The molecule has 2 unspecified atom stereocenters. The molecule has 0 aliphatic heterocycles. The first-order valence-corrected chi connectivity index (χ1v) is 9.71. The molecule has 1 aliphatic rings. The predicted octanol–water partition coefficient (Wildman–Crippen LogP) is 3.22. The minimum absolute atomic E-state index is 0.170. The third-order valence-corrected chi connectivity index (χ3v) is 5.12. The van der Waals surface area contributed by atoms with Gasteiger partial charge in [0, 0.05) is 11.8 Å². The summed E-state index contributed by atoms with van der Waals surface area (Å²) in [5.41, 5.74) is 0. The van der Waals surface area contributed by atoms with Crippen molar-refractivity contribution in [3.63, 3.8) is 0 Å². The van der Waals surface area contributed by atoms with Gasteiger partial charge in [-0.3, -0.25) is 4.79 Å². The molecule has 1 fully saturated rings. The highest BCUT2D eigenvalue weighted by Gasteiger charge is 2.31. The van der Waals surface area contributed by atoms with E-state index in [2.05, 4.69) is 0 Å². The highest BCUT2D eigenvalue weighted by atomic mass is 28.4. The molecule has 0 radical (unpaired) electrons. The van der Waals surface area contributed by atoms with E-state index in [-0.39, 0.29) is 11.8 Å². The van der Waals surface area contributed by atoms with Crippen molar-refractivity contribution in [2.24, 2.45) is 17.8 Å². The smallest absolute Gasteiger partial charge is 0.182 e. The van der Waals surface area contributed by atoms with Gasteiger partial charge >= 0.3 is 0 Å². The molecule has 0 amide bonds. The Morgan fingerprint density at radius 3 is 2.50 bits per heavy atom. The molecule has 0 bridgehead atoms. The predicted molar refractivity (Wildman–Crippen MR) is 69.8 cm³/mol. The average Bonchev–Trinajstić information content (AvgIpc) is 2.14. The Morgan fingerprint density at radius 2 is 2.00 bits per heavy atom. The first-order chi connectivity index (χ1) is 7.29. The van der Waals surface area contributed by atoms with Gasteiger partial charge in [0.1, 0.15) is 5.78 Å². The van der Waals surface area contributed by atoms with Crippen molar-refractivity contribution in [2.75, 3.05) is 0 Å². The molecule has 0 aromatic carbocycles. The van der Waals surface area contributed by atoms with E-state index < -0.39 is 8.32 Å². The molecule has 0 aromatic heterocycles. The lowest BCUT2D eigenvalue weighted by Crippen LogP contribution is -2.32. The van der Waals surface area contributed by atoms with Gasteiger partial charge in [-0.25, -0.2) is 0 Å². The largest absolute Gasteiger partial charge is 0.432 e. The molecule has 3 heteroatoms. The lowest BCUT2D eigenvalue weighted by Gasteiger charge is -2.31. The Balaban J connectivity index is 2.50. The second kappa shape index (κ2) is 5.45. The lowest BCUT2D eigenvalue weighted by molar-refractivity contribution is -0.127. The van der Waals surface area contributed by atoms with Crippen LogP contribution in [0.1, 0.15) is 39.5 Å². The Hall–Kier alpha value is -0.153. The van der Waals surface area contributed by atoms with Crippen molar-refractivity contribution in [3.8, 4) is 0 Å². The Labute approximate surface area is 101 Å². The van der Waals surface area contributed by atoms with Crippen LogP contribution < -0.4 is 0 Å². The van der Waals surface area contributed by atoms with Crippen molar-refractivity contribution in [1.82, 2.24) is 0 Å². The number of carbonyl (C=O) groups excluding carboxylic acids is 1. The van der Waals surface area contributed by atoms with E-state index in [0.717, 1.165) is 25.3 Å². The zero-order chi connectivity index (χ0) is 12.3. The minimum Gasteiger partial charge on any atom is -0.432 e. The molecule has 94 valence electrons. The van der Waals surface area contributed by atoms with Crippen LogP contribution in [0.5, 0.6) is 0 Å². The zero-order valence-corrected chi connectivity index (χ0v) is 12.1. The number of rotatable bonds is 4. The third-order valence-electron chi connectivity index (χ3n) is 3.54. The number of ketones is 1. The monoisotopic (exact) mass is 242 g/mol. The molecule has 0 aromatic rings. The molecule has 1 rings (SSSR count). The van der Waals surface area contributed by atoms with Crippen LogP contribution in [-0.4, -0.2) is 18.9 Å². The summed E-state index contributed by atoms with van der Waals surface area (Å²) in [6, 6.07) is 0.967. The fourth-order valence-electron chi connectivity index (χ4n) is 2.91. The first kappa shape index (κ1) is 13.9. The van der Waals surface area contributed by atoms with Crippen LogP contribution in [0, 0.1) is 17.8 Å². The molecule has 16 heavy (non-hydrogen) atoms. The van der Waals surface area contributed by atoms with Crippen molar-refractivity contribution in [3.05, 3.63) is 0 Å². The van der Waals surface area contributed by atoms with Gasteiger partial charge in [0.25, 0.3) is 0 Å². The minimum atomic E-state index is -1.95. The Kier molecular flexibility index (Phi) is 4.74. The van der Waals surface area contributed by atoms with Gasteiger partial charge in [0.15, 0.2) is 8.32 Å². The summed E-state index contributed by atoms with van der Waals surface area (Å²) in [6.07, 6.45) is 4.46. The number of carbonyl (C=O) groups is 1. The van der Waals surface area contributed by atoms with E-state index in [9.17, 15) is 9.59 Å². The van der Waals surface area contributed by atoms with Crippen LogP contribution in [0.25, 0.3) is 0 Å². The normalized spacial score (nSPS) is 27.1. The molecule has 0 heterocycles. The van der Waals surface area contributed by atoms with Gasteiger partial charge in [-0.15, -0.1) is 0 Å². The fourth-order valence-corrected chi connectivity index (χ4v) is 4.70. The summed E-state index contributed by atoms with van der Waals surface area (Å²) >= 11 is 0. The number of Topliss-reactive ketones (excluding diaryl/α,β-unsaturated/α-hetero) is 1. The van der Waals surface area contributed by atoms with E-state index in [1.165, 1.54) is 6.42 Å². The van der Waals surface area contributed by atoms with E-state index in [0.29, 0.717) is 11.7 Å².